The second-order valence-corrected chi connectivity index (χ2v) is 7.12. The Hall–Kier alpha value is -0.360. The van der Waals surface area contributed by atoms with Gasteiger partial charge in [-0.1, -0.05) is 31.5 Å². The number of sulfone groups is 1. The average Bonchev–Trinajstić information content (AvgIpc) is 2.29. The second kappa shape index (κ2) is 6.00. The molecule has 0 aliphatic heterocycles. The molecule has 0 radical (unpaired) electrons. The van der Waals surface area contributed by atoms with Gasteiger partial charge in [-0.05, 0) is 54.5 Å². The zero-order valence-corrected chi connectivity index (χ0v) is 13.3. The van der Waals surface area contributed by atoms with Crippen molar-refractivity contribution in [3.8, 4) is 0 Å². The highest BCUT2D eigenvalue weighted by Gasteiger charge is 2.21. The van der Waals surface area contributed by atoms with Crippen LogP contribution in [0.2, 0.25) is 0 Å². The van der Waals surface area contributed by atoms with Crippen LogP contribution >= 0.6 is 22.6 Å². The van der Waals surface area contributed by atoms with Crippen molar-refractivity contribution < 1.29 is 8.42 Å². The third-order valence-corrected chi connectivity index (χ3v) is 6.45. The fraction of sp³-hybridized carbons (Fsp3) is 0.385. The summed E-state index contributed by atoms with van der Waals surface area (Å²) >= 11 is 2.13. The predicted molar refractivity (Wildman–Crippen MR) is 80.0 cm³/mol. The monoisotopic (exact) mass is 364 g/mol. The molecule has 1 rings (SSSR count). The molecule has 0 aliphatic carbocycles. The van der Waals surface area contributed by atoms with E-state index in [1.54, 1.807) is 12.1 Å². The maximum absolute atomic E-state index is 12.4. The molecule has 17 heavy (non-hydrogen) atoms. The van der Waals surface area contributed by atoms with E-state index in [2.05, 4.69) is 22.6 Å². The van der Waals surface area contributed by atoms with Crippen LogP contribution < -0.4 is 0 Å². The van der Waals surface area contributed by atoms with Gasteiger partial charge in [-0.15, -0.1) is 0 Å². The van der Waals surface area contributed by atoms with Gasteiger partial charge >= 0.3 is 0 Å². The molecule has 1 aromatic carbocycles. The van der Waals surface area contributed by atoms with Crippen molar-refractivity contribution in [1.29, 1.82) is 0 Å². The maximum Gasteiger partial charge on any atom is 0.203 e. The lowest BCUT2D eigenvalue weighted by molar-refractivity contribution is 0.600. The van der Waals surface area contributed by atoms with E-state index in [-0.39, 0.29) is 0 Å². The normalized spacial score (nSPS) is 13.4. The molecule has 0 fully saturated rings. The lowest BCUT2D eigenvalue weighted by atomic mass is 10.2. The highest BCUT2D eigenvalue weighted by atomic mass is 127. The van der Waals surface area contributed by atoms with Crippen LogP contribution in [0.25, 0.3) is 0 Å². The largest absolute Gasteiger partial charge is 0.219 e. The van der Waals surface area contributed by atoms with Crippen LogP contribution in [0, 0.1) is 6.92 Å². The Bertz CT molecular complexity index is 513. The first-order valence-electron chi connectivity index (χ1n) is 5.62. The zero-order chi connectivity index (χ0) is 13.1. The van der Waals surface area contributed by atoms with Gasteiger partial charge in [0.25, 0.3) is 0 Å². The number of allylic oxidation sites excluding steroid dienone is 2. The average molecular weight is 364 g/mol. The first-order valence-corrected chi connectivity index (χ1v) is 8.19. The lowest BCUT2D eigenvalue weighted by Gasteiger charge is -2.10. The molecule has 0 saturated carbocycles. The van der Waals surface area contributed by atoms with Crippen molar-refractivity contribution in [3.63, 3.8) is 0 Å². The Morgan fingerprint density at radius 2 is 1.65 bits per heavy atom. The smallest absolute Gasteiger partial charge is 0.203 e. The summed E-state index contributed by atoms with van der Waals surface area (Å²) in [4.78, 5) is 0.937. The molecule has 0 atom stereocenters. The number of aryl methyl sites for hydroxylation is 1. The van der Waals surface area contributed by atoms with Crippen LogP contribution in [0.1, 0.15) is 32.3 Å². The molecule has 0 aliphatic rings. The second-order valence-electron chi connectivity index (χ2n) is 3.85. The molecule has 94 valence electrons. The van der Waals surface area contributed by atoms with Crippen LogP contribution in [0.5, 0.6) is 0 Å². The Morgan fingerprint density at radius 1 is 1.12 bits per heavy atom. The molecule has 4 heteroatoms. The number of hydrogen-bond donors (Lipinski definition) is 0. The highest BCUT2D eigenvalue weighted by Crippen LogP contribution is 2.29. The third kappa shape index (κ3) is 3.31. The molecule has 0 N–H and O–H groups in total. The van der Waals surface area contributed by atoms with E-state index in [4.69, 9.17) is 0 Å². The minimum Gasteiger partial charge on any atom is -0.219 e. The summed E-state index contributed by atoms with van der Waals surface area (Å²) in [7, 11) is -3.31. The van der Waals surface area contributed by atoms with Crippen LogP contribution in [0.15, 0.2) is 37.6 Å². The Labute approximate surface area is 117 Å². The minimum absolute atomic E-state index is 0.391. The topological polar surface area (TPSA) is 34.1 Å². The summed E-state index contributed by atoms with van der Waals surface area (Å²) in [6.45, 7) is 5.81. The summed E-state index contributed by atoms with van der Waals surface area (Å²) in [5.41, 5.74) is 1.07. The van der Waals surface area contributed by atoms with E-state index in [0.29, 0.717) is 16.2 Å². The summed E-state index contributed by atoms with van der Waals surface area (Å²) < 4.78 is 25.7. The van der Waals surface area contributed by atoms with Gasteiger partial charge in [0.05, 0.1) is 9.80 Å². The van der Waals surface area contributed by atoms with Gasteiger partial charge in [0.1, 0.15) is 0 Å². The molecule has 1 aromatic rings. The first-order chi connectivity index (χ1) is 7.93. The van der Waals surface area contributed by atoms with Gasteiger partial charge in [-0.25, -0.2) is 8.42 Å². The fourth-order valence-corrected chi connectivity index (χ4v) is 4.43. The van der Waals surface area contributed by atoms with E-state index < -0.39 is 9.84 Å². The van der Waals surface area contributed by atoms with Crippen molar-refractivity contribution in [2.75, 3.05) is 0 Å². The standard InChI is InChI=1S/C13H17IO2S/c1-4-12(14)13(5-2)17(15,16)11-8-6-10(3)7-9-11/h6-9H,4-5H2,1-3H3. The first kappa shape index (κ1) is 14.7. The number of rotatable bonds is 4. The van der Waals surface area contributed by atoms with Gasteiger partial charge in [0.2, 0.25) is 9.84 Å². The Kier molecular flexibility index (Phi) is 5.19. The third-order valence-electron chi connectivity index (χ3n) is 2.59. The van der Waals surface area contributed by atoms with Gasteiger partial charge in [-0.2, -0.15) is 0 Å². The van der Waals surface area contributed by atoms with Crippen molar-refractivity contribution >= 4 is 32.4 Å². The quantitative estimate of drug-likeness (QED) is 0.749. The molecule has 0 aromatic heterocycles. The Morgan fingerprint density at radius 3 is 2.06 bits per heavy atom. The lowest BCUT2D eigenvalue weighted by Crippen LogP contribution is -2.05. The van der Waals surface area contributed by atoms with E-state index >= 15 is 0 Å². The SMILES string of the molecule is CCC(I)=C(CC)S(=O)(=O)c1ccc(C)cc1. The van der Waals surface area contributed by atoms with Crippen molar-refractivity contribution in [2.24, 2.45) is 0 Å². The molecule has 2 nitrogen and oxygen atoms in total. The summed E-state index contributed by atoms with van der Waals surface area (Å²) in [6, 6.07) is 7.03. The highest BCUT2D eigenvalue weighted by molar-refractivity contribution is 14.1. The van der Waals surface area contributed by atoms with Gasteiger partial charge in [0, 0.05) is 3.58 Å². The van der Waals surface area contributed by atoms with Crippen LogP contribution in [0.4, 0.5) is 0 Å². The van der Waals surface area contributed by atoms with Crippen LogP contribution in [0.3, 0.4) is 0 Å². The molecule has 0 saturated heterocycles. The minimum atomic E-state index is -3.31. The summed E-state index contributed by atoms with van der Waals surface area (Å²) in [5.74, 6) is 0. The van der Waals surface area contributed by atoms with Crippen molar-refractivity contribution in [2.45, 2.75) is 38.5 Å². The van der Waals surface area contributed by atoms with Crippen molar-refractivity contribution in [1.82, 2.24) is 0 Å². The molecule has 0 amide bonds. The molecular formula is C13H17IO2S. The molecule has 0 bridgehead atoms. The molecule has 0 unspecified atom stereocenters. The fourth-order valence-electron chi connectivity index (χ4n) is 1.58. The zero-order valence-electron chi connectivity index (χ0n) is 10.3. The summed E-state index contributed by atoms with van der Waals surface area (Å²) in [6.07, 6.45) is 1.30. The summed E-state index contributed by atoms with van der Waals surface area (Å²) in [5, 5.41) is 0. The number of halogens is 1. The predicted octanol–water partition coefficient (Wildman–Crippen LogP) is 4.24. The van der Waals surface area contributed by atoms with E-state index in [9.17, 15) is 8.42 Å². The van der Waals surface area contributed by atoms with Crippen molar-refractivity contribution in [3.05, 3.63) is 38.3 Å². The van der Waals surface area contributed by atoms with Gasteiger partial charge < -0.3 is 0 Å². The number of hydrogen-bond acceptors (Lipinski definition) is 2. The van der Waals surface area contributed by atoms with Crippen LogP contribution in [-0.4, -0.2) is 8.42 Å². The van der Waals surface area contributed by atoms with Gasteiger partial charge in [0.15, 0.2) is 0 Å². The number of benzene rings is 1. The molecule has 0 heterocycles. The van der Waals surface area contributed by atoms with E-state index in [1.165, 1.54) is 0 Å². The molecule has 0 spiro atoms. The van der Waals surface area contributed by atoms with E-state index in [0.717, 1.165) is 15.6 Å². The van der Waals surface area contributed by atoms with E-state index in [1.807, 2.05) is 32.9 Å². The maximum atomic E-state index is 12.4. The van der Waals surface area contributed by atoms with Crippen LogP contribution in [-0.2, 0) is 9.84 Å². The Balaban J connectivity index is 3.33. The molecular weight excluding hydrogens is 347 g/mol. The van der Waals surface area contributed by atoms with Gasteiger partial charge in [-0.3, -0.25) is 0 Å².